The number of benzene rings is 1. The summed E-state index contributed by atoms with van der Waals surface area (Å²) >= 11 is 0. The molecule has 0 spiro atoms. The average Bonchev–Trinajstić information content (AvgIpc) is 3.25. The molecule has 230 valence electrons. The number of carbonyl (C=O) groups excluding carboxylic acids is 4. The lowest BCUT2D eigenvalue weighted by molar-refractivity contribution is -0.256. The van der Waals surface area contributed by atoms with Gasteiger partial charge in [0.05, 0.1) is 17.3 Å². The molecule has 7 rings (SSSR count). The zero-order chi connectivity index (χ0) is 31.5. The van der Waals surface area contributed by atoms with Gasteiger partial charge in [-0.2, -0.15) is 0 Å². The van der Waals surface area contributed by atoms with Crippen LogP contribution in [0, 0.1) is 33.5 Å². The molecule has 8 nitrogen and oxygen atoms in total. The predicted octanol–water partition coefficient (Wildman–Crippen LogP) is 5.38. The Bertz CT molecular complexity index is 1550. The number of phenolic OH excluding ortho intramolecular Hbond substituents is 2. The Hall–Kier alpha value is -3.26. The molecule has 0 aromatic heterocycles. The number of aromatic hydroxyl groups is 2. The Morgan fingerprint density at radius 3 is 2.26 bits per heavy atom. The lowest BCUT2D eigenvalue weighted by Gasteiger charge is -2.69. The summed E-state index contributed by atoms with van der Waals surface area (Å²) in [6, 6.07) is 3.62. The number of esters is 1. The molecule has 43 heavy (non-hydrogen) atoms. The number of allylic oxidation sites excluding steroid dienone is 4. The largest absolute Gasteiger partial charge is 0.504 e. The van der Waals surface area contributed by atoms with Gasteiger partial charge in [0, 0.05) is 23.3 Å². The second-order valence-electron chi connectivity index (χ2n) is 15.0. The third-order valence-electron chi connectivity index (χ3n) is 12.1. The predicted molar refractivity (Wildman–Crippen MR) is 157 cm³/mol. The summed E-state index contributed by atoms with van der Waals surface area (Å²) in [6.07, 6.45) is 5.01. The van der Waals surface area contributed by atoms with Crippen molar-refractivity contribution in [3.63, 3.8) is 0 Å². The number of phenols is 2. The van der Waals surface area contributed by atoms with Crippen molar-refractivity contribution < 1.29 is 39.2 Å². The zero-order valence-corrected chi connectivity index (χ0v) is 25.9. The molecule has 1 aliphatic heterocycles. The lowest BCUT2D eigenvalue weighted by Crippen LogP contribution is -2.83. The second-order valence-corrected chi connectivity index (χ2v) is 15.0. The topological polar surface area (TPSA) is 138 Å². The van der Waals surface area contributed by atoms with Crippen LogP contribution in [-0.4, -0.2) is 49.8 Å². The monoisotopic (exact) mass is 590 g/mol. The minimum Gasteiger partial charge on any atom is -0.504 e. The first-order valence-electron chi connectivity index (χ1n) is 15.3. The van der Waals surface area contributed by atoms with Crippen molar-refractivity contribution >= 4 is 23.3 Å². The highest BCUT2D eigenvalue weighted by atomic mass is 16.6. The van der Waals surface area contributed by atoms with Gasteiger partial charge in [-0.25, -0.2) is 0 Å². The Balaban J connectivity index is 1.72. The number of carbonyl (C=O) groups is 4. The summed E-state index contributed by atoms with van der Waals surface area (Å²) < 4.78 is 5.93. The maximum absolute atomic E-state index is 15.3. The van der Waals surface area contributed by atoms with E-state index in [-0.39, 0.29) is 49.4 Å². The fourth-order valence-electron chi connectivity index (χ4n) is 10.3. The summed E-state index contributed by atoms with van der Waals surface area (Å²) in [5.74, 6) is -3.75. The van der Waals surface area contributed by atoms with E-state index in [2.05, 4.69) is 6.08 Å². The molecule has 5 bridgehead atoms. The normalized spacial score (nSPS) is 42.3. The number of aliphatic hydroxyl groups is 1. The van der Waals surface area contributed by atoms with E-state index >= 15 is 14.4 Å². The Morgan fingerprint density at radius 1 is 0.953 bits per heavy atom. The SMILES string of the molecule is CC(C)=CC[C@@H]1C[C@]23C[C@@H]4CC(=O)O[C@]4(C)C[C@@]4(C(=O)c5ccc(O)c(O)c5)C(=O)[C@](CC=C(C)C)(C[C@@]1(C)[C@@]24O)C3=O. The van der Waals surface area contributed by atoms with Crippen molar-refractivity contribution in [3.05, 3.63) is 47.1 Å². The molecule has 1 saturated heterocycles. The molecule has 5 saturated carbocycles. The highest BCUT2D eigenvalue weighted by Crippen LogP contribution is 2.83. The van der Waals surface area contributed by atoms with Crippen molar-refractivity contribution in [2.75, 3.05) is 0 Å². The van der Waals surface area contributed by atoms with Crippen LogP contribution in [0.25, 0.3) is 0 Å². The first kappa shape index (κ1) is 29.8. The summed E-state index contributed by atoms with van der Waals surface area (Å²) in [6.45, 7) is 11.5. The lowest BCUT2D eigenvalue weighted by atomic mass is 9.32. The number of fused-ring (bicyclic) bond motifs is 1. The first-order chi connectivity index (χ1) is 19.9. The van der Waals surface area contributed by atoms with Crippen LogP contribution in [-0.2, 0) is 19.1 Å². The fourth-order valence-corrected chi connectivity index (χ4v) is 10.3. The van der Waals surface area contributed by atoms with E-state index in [1.54, 1.807) is 6.92 Å². The van der Waals surface area contributed by atoms with Crippen molar-refractivity contribution in [2.45, 2.75) is 97.7 Å². The van der Waals surface area contributed by atoms with Gasteiger partial charge in [-0.05, 0) is 90.8 Å². The molecule has 3 N–H and O–H groups in total. The molecular weight excluding hydrogens is 548 g/mol. The van der Waals surface area contributed by atoms with Crippen LogP contribution in [0.1, 0.15) is 96.8 Å². The number of hydrogen-bond donors (Lipinski definition) is 3. The minimum absolute atomic E-state index is 0.0381. The van der Waals surface area contributed by atoms with E-state index in [0.29, 0.717) is 12.8 Å². The van der Waals surface area contributed by atoms with Crippen LogP contribution in [0.15, 0.2) is 41.5 Å². The van der Waals surface area contributed by atoms with E-state index in [4.69, 9.17) is 4.74 Å². The Labute approximate surface area is 252 Å². The standard InChI is InChI=1S/C35H42O8/c1-19(2)7-9-22-15-33-16-23-14-26(38)43-31(23,6)18-34(27(39)21-8-10-24(36)25(37)13-21)29(41)32(28(33)40,12-11-20(3)4)17-30(22,5)35(33,34)42/h7-8,10-11,13,22-23,36-37,42H,9,12,14-18H2,1-6H3/t22-,23+,30-,31-,32-,33-,34-,35-/m1/s1. The molecule has 1 aromatic rings. The van der Waals surface area contributed by atoms with Gasteiger partial charge in [-0.15, -0.1) is 0 Å². The van der Waals surface area contributed by atoms with Gasteiger partial charge in [-0.1, -0.05) is 30.2 Å². The van der Waals surface area contributed by atoms with Crippen molar-refractivity contribution in [1.29, 1.82) is 0 Å². The molecule has 0 unspecified atom stereocenters. The van der Waals surface area contributed by atoms with Crippen molar-refractivity contribution in [3.8, 4) is 11.5 Å². The van der Waals surface area contributed by atoms with Crippen molar-refractivity contribution in [1.82, 2.24) is 0 Å². The van der Waals surface area contributed by atoms with Crippen molar-refractivity contribution in [2.24, 2.45) is 33.5 Å². The molecule has 0 amide bonds. The maximum Gasteiger partial charge on any atom is 0.306 e. The number of hydrogen-bond acceptors (Lipinski definition) is 8. The van der Waals surface area contributed by atoms with Gasteiger partial charge >= 0.3 is 5.97 Å². The van der Waals surface area contributed by atoms with Crippen LogP contribution >= 0.6 is 0 Å². The summed E-state index contributed by atoms with van der Waals surface area (Å²) in [5.41, 5.74) is -7.54. The average molecular weight is 591 g/mol. The number of ketones is 3. The molecule has 8 heteroatoms. The maximum atomic E-state index is 15.3. The van der Waals surface area contributed by atoms with E-state index in [1.807, 2.05) is 40.7 Å². The van der Waals surface area contributed by atoms with E-state index in [1.165, 1.54) is 12.1 Å². The molecule has 1 heterocycles. The Morgan fingerprint density at radius 2 is 1.63 bits per heavy atom. The van der Waals surface area contributed by atoms with E-state index in [0.717, 1.165) is 17.2 Å². The fraction of sp³-hybridized carbons (Fsp3) is 0.600. The highest BCUT2D eigenvalue weighted by molar-refractivity contribution is 6.27. The third-order valence-corrected chi connectivity index (χ3v) is 12.1. The zero-order valence-electron chi connectivity index (χ0n) is 25.9. The van der Waals surface area contributed by atoms with Gasteiger partial charge in [0.2, 0.25) is 0 Å². The molecule has 8 atom stereocenters. The van der Waals surface area contributed by atoms with Crippen LogP contribution < -0.4 is 0 Å². The number of rotatable bonds is 6. The summed E-state index contributed by atoms with van der Waals surface area (Å²) in [7, 11) is 0. The van der Waals surface area contributed by atoms with Gasteiger partial charge in [0.1, 0.15) is 16.6 Å². The summed E-state index contributed by atoms with van der Waals surface area (Å²) in [4.78, 5) is 58.4. The van der Waals surface area contributed by atoms with Crippen LogP contribution in [0.4, 0.5) is 0 Å². The van der Waals surface area contributed by atoms with Gasteiger partial charge in [0.25, 0.3) is 0 Å². The first-order valence-corrected chi connectivity index (χ1v) is 15.3. The molecular formula is C35H42O8. The third kappa shape index (κ3) is 3.36. The number of Topliss-reactive ketones (excluding diaryl/α,β-unsaturated/α-hetero) is 3. The van der Waals surface area contributed by atoms with E-state index in [9.17, 15) is 20.1 Å². The van der Waals surface area contributed by atoms with Gasteiger partial charge < -0.3 is 20.1 Å². The minimum atomic E-state index is -2.14. The molecule has 6 aliphatic rings. The molecule has 0 radical (unpaired) electrons. The molecule has 5 aliphatic carbocycles. The van der Waals surface area contributed by atoms with Crippen LogP contribution in [0.3, 0.4) is 0 Å². The van der Waals surface area contributed by atoms with Gasteiger partial charge in [0.15, 0.2) is 28.8 Å². The highest BCUT2D eigenvalue weighted by Gasteiger charge is 2.93. The summed E-state index contributed by atoms with van der Waals surface area (Å²) in [5, 5.41) is 34.0. The molecule has 6 fully saturated rings. The van der Waals surface area contributed by atoms with E-state index < -0.39 is 67.8 Å². The second kappa shape index (κ2) is 8.90. The quantitative estimate of drug-likeness (QED) is 0.132. The van der Waals surface area contributed by atoms with Gasteiger partial charge in [-0.3, -0.25) is 19.2 Å². The number of ether oxygens (including phenoxy) is 1. The van der Waals surface area contributed by atoms with Crippen LogP contribution in [0.5, 0.6) is 11.5 Å². The Kier molecular flexibility index (Phi) is 6.17. The van der Waals surface area contributed by atoms with Crippen LogP contribution in [0.2, 0.25) is 0 Å². The molecule has 1 aromatic carbocycles. The smallest absolute Gasteiger partial charge is 0.306 e.